The lowest BCUT2D eigenvalue weighted by atomic mass is 10.1. The third-order valence-corrected chi connectivity index (χ3v) is 3.53. The van der Waals surface area contributed by atoms with E-state index in [9.17, 15) is 8.78 Å². The van der Waals surface area contributed by atoms with Crippen molar-refractivity contribution < 1.29 is 23.0 Å². The quantitative estimate of drug-likeness (QED) is 0.210. The van der Waals surface area contributed by atoms with Crippen molar-refractivity contribution in [3.8, 4) is 11.5 Å². The number of halogens is 3. The van der Waals surface area contributed by atoms with Gasteiger partial charge in [0.1, 0.15) is 11.5 Å². The van der Waals surface area contributed by atoms with Gasteiger partial charge in [-0.15, -0.1) is 24.0 Å². The molecule has 0 aromatic heterocycles. The third kappa shape index (κ3) is 11.2. The minimum Gasteiger partial charge on any atom is -0.497 e. The number of methoxy groups -OCH3 is 1. The van der Waals surface area contributed by atoms with Gasteiger partial charge >= 0.3 is 6.61 Å². The first-order valence-electron chi connectivity index (χ1n) is 8.60. The molecule has 0 fully saturated rings. The van der Waals surface area contributed by atoms with Gasteiger partial charge in [-0.25, -0.2) is 0 Å². The molecule has 0 aliphatic carbocycles. The molecule has 0 heterocycles. The van der Waals surface area contributed by atoms with E-state index in [1.54, 1.807) is 19.2 Å². The number of guanidine groups is 1. The van der Waals surface area contributed by atoms with Crippen molar-refractivity contribution in [1.29, 1.82) is 0 Å². The second-order valence-electron chi connectivity index (χ2n) is 6.00. The second kappa shape index (κ2) is 14.7. The lowest BCUT2D eigenvalue weighted by Gasteiger charge is -2.15. The van der Waals surface area contributed by atoms with E-state index in [0.29, 0.717) is 36.3 Å². The summed E-state index contributed by atoms with van der Waals surface area (Å²) in [5.74, 6) is 1.82. The van der Waals surface area contributed by atoms with Gasteiger partial charge in [0.25, 0.3) is 0 Å². The maximum absolute atomic E-state index is 12.5. The van der Waals surface area contributed by atoms with E-state index < -0.39 is 6.61 Å². The van der Waals surface area contributed by atoms with Gasteiger partial charge in [0.15, 0.2) is 5.96 Å². The first-order valence-corrected chi connectivity index (χ1v) is 8.60. The van der Waals surface area contributed by atoms with Crippen LogP contribution >= 0.6 is 24.0 Å². The number of ether oxygens (including phenoxy) is 3. The molecule has 27 heavy (non-hydrogen) atoms. The van der Waals surface area contributed by atoms with E-state index in [0.717, 1.165) is 13.0 Å². The summed E-state index contributed by atoms with van der Waals surface area (Å²) in [6, 6.07) is 4.68. The smallest absolute Gasteiger partial charge is 0.387 e. The molecular formula is C18H30F2IN3O3. The van der Waals surface area contributed by atoms with Crippen LogP contribution in [-0.4, -0.2) is 46.5 Å². The molecule has 0 saturated heterocycles. The summed E-state index contributed by atoms with van der Waals surface area (Å²) >= 11 is 0. The van der Waals surface area contributed by atoms with Crippen molar-refractivity contribution >= 4 is 29.9 Å². The molecule has 2 N–H and O–H groups in total. The maximum atomic E-state index is 12.5. The number of hydrogen-bond acceptors (Lipinski definition) is 4. The van der Waals surface area contributed by atoms with Gasteiger partial charge in [-0.05, 0) is 30.5 Å². The van der Waals surface area contributed by atoms with Gasteiger partial charge in [-0.1, -0.05) is 13.8 Å². The van der Waals surface area contributed by atoms with Gasteiger partial charge in [-0.2, -0.15) is 8.78 Å². The molecule has 1 rings (SSSR count). The molecule has 1 aromatic rings. The molecule has 0 radical (unpaired) electrons. The normalized spacial score (nSPS) is 11.3. The number of benzene rings is 1. The van der Waals surface area contributed by atoms with Crippen LogP contribution in [0, 0.1) is 5.92 Å². The Morgan fingerprint density at radius 1 is 1.19 bits per heavy atom. The molecule has 156 valence electrons. The zero-order valence-corrected chi connectivity index (χ0v) is 18.6. The Morgan fingerprint density at radius 2 is 1.93 bits per heavy atom. The van der Waals surface area contributed by atoms with Crippen LogP contribution < -0.4 is 20.1 Å². The van der Waals surface area contributed by atoms with Crippen LogP contribution in [0.15, 0.2) is 23.2 Å². The molecule has 0 aliphatic heterocycles. The summed E-state index contributed by atoms with van der Waals surface area (Å²) in [5, 5.41) is 6.17. The largest absolute Gasteiger partial charge is 0.497 e. The van der Waals surface area contributed by atoms with Crippen LogP contribution in [0.5, 0.6) is 11.5 Å². The number of aliphatic imine (C=N–C) groups is 1. The summed E-state index contributed by atoms with van der Waals surface area (Å²) in [6.07, 6.45) is 1.02. The Bertz CT molecular complexity index is 561. The topological polar surface area (TPSA) is 64.1 Å². The lowest BCUT2D eigenvalue weighted by Crippen LogP contribution is -2.38. The summed E-state index contributed by atoms with van der Waals surface area (Å²) in [5.41, 5.74) is 0.542. The van der Waals surface area contributed by atoms with Crippen LogP contribution in [-0.2, 0) is 11.3 Å². The van der Waals surface area contributed by atoms with Crippen LogP contribution in [0.25, 0.3) is 0 Å². The van der Waals surface area contributed by atoms with E-state index in [4.69, 9.17) is 9.47 Å². The molecular weight excluding hydrogens is 471 g/mol. The first kappa shape index (κ1) is 25.6. The van der Waals surface area contributed by atoms with E-state index >= 15 is 0 Å². The monoisotopic (exact) mass is 501 g/mol. The maximum Gasteiger partial charge on any atom is 0.387 e. The SMILES string of the molecule is CN=C(NCCOCCC(C)C)NCc1cc(OC)ccc1OC(F)F.I. The standard InChI is InChI=1S/C18H29F2N3O3.HI/c1-13(2)7-9-25-10-8-22-18(21-3)23-12-14-11-15(24-4)5-6-16(14)26-17(19)20;/h5-6,11,13,17H,7-10,12H2,1-4H3,(H2,21,22,23);1H. The zero-order chi connectivity index (χ0) is 19.4. The van der Waals surface area contributed by atoms with Crippen molar-refractivity contribution in [2.24, 2.45) is 10.9 Å². The molecule has 0 atom stereocenters. The molecule has 0 spiro atoms. The summed E-state index contributed by atoms with van der Waals surface area (Å²) in [7, 11) is 3.15. The summed E-state index contributed by atoms with van der Waals surface area (Å²) in [6.45, 7) is 3.55. The number of hydrogen-bond donors (Lipinski definition) is 2. The van der Waals surface area contributed by atoms with Crippen molar-refractivity contribution in [3.05, 3.63) is 23.8 Å². The van der Waals surface area contributed by atoms with Gasteiger partial charge in [0, 0.05) is 32.3 Å². The van der Waals surface area contributed by atoms with E-state index in [1.807, 2.05) is 0 Å². The number of nitrogens with zero attached hydrogens (tertiary/aromatic N) is 1. The molecule has 0 bridgehead atoms. The van der Waals surface area contributed by atoms with Gasteiger partial charge in [-0.3, -0.25) is 4.99 Å². The Kier molecular flexibility index (Phi) is 13.9. The Labute approximate surface area is 177 Å². The highest BCUT2D eigenvalue weighted by Gasteiger charge is 2.11. The van der Waals surface area contributed by atoms with Crippen LogP contribution in [0.1, 0.15) is 25.8 Å². The number of alkyl halides is 2. The Hall–Kier alpha value is -1.36. The Balaban J connectivity index is 0.00000676. The minimum atomic E-state index is -2.89. The fourth-order valence-electron chi connectivity index (χ4n) is 2.09. The van der Waals surface area contributed by atoms with Crippen molar-refractivity contribution in [1.82, 2.24) is 10.6 Å². The summed E-state index contributed by atoms with van der Waals surface area (Å²) in [4.78, 5) is 4.10. The fraction of sp³-hybridized carbons (Fsp3) is 0.611. The Morgan fingerprint density at radius 3 is 2.52 bits per heavy atom. The molecule has 1 aromatic carbocycles. The third-order valence-electron chi connectivity index (χ3n) is 3.53. The highest BCUT2D eigenvalue weighted by atomic mass is 127. The van der Waals surface area contributed by atoms with Crippen molar-refractivity contribution in [3.63, 3.8) is 0 Å². The molecule has 6 nitrogen and oxygen atoms in total. The van der Waals surface area contributed by atoms with E-state index in [-0.39, 0.29) is 36.3 Å². The molecule has 0 unspecified atom stereocenters. The fourth-order valence-corrected chi connectivity index (χ4v) is 2.09. The summed E-state index contributed by atoms with van der Waals surface area (Å²) < 4.78 is 40.3. The first-order chi connectivity index (χ1) is 12.5. The van der Waals surface area contributed by atoms with Gasteiger partial charge in [0.05, 0.1) is 13.7 Å². The van der Waals surface area contributed by atoms with Gasteiger partial charge < -0.3 is 24.8 Å². The van der Waals surface area contributed by atoms with Crippen molar-refractivity contribution in [2.75, 3.05) is 33.9 Å². The predicted molar refractivity (Wildman–Crippen MR) is 114 cm³/mol. The predicted octanol–water partition coefficient (Wildman–Crippen LogP) is 3.64. The van der Waals surface area contributed by atoms with Crippen LogP contribution in [0.3, 0.4) is 0 Å². The highest BCUT2D eigenvalue weighted by Crippen LogP contribution is 2.25. The van der Waals surface area contributed by atoms with Crippen LogP contribution in [0.2, 0.25) is 0 Å². The lowest BCUT2D eigenvalue weighted by molar-refractivity contribution is -0.0505. The molecule has 0 aliphatic rings. The molecule has 0 amide bonds. The van der Waals surface area contributed by atoms with Crippen molar-refractivity contribution in [2.45, 2.75) is 33.4 Å². The molecule has 9 heteroatoms. The zero-order valence-electron chi connectivity index (χ0n) is 16.3. The average molecular weight is 501 g/mol. The van der Waals surface area contributed by atoms with Gasteiger partial charge in [0.2, 0.25) is 0 Å². The second-order valence-corrected chi connectivity index (χ2v) is 6.00. The van der Waals surface area contributed by atoms with Crippen LogP contribution in [0.4, 0.5) is 8.78 Å². The molecule has 0 saturated carbocycles. The number of nitrogens with one attached hydrogen (secondary N) is 2. The minimum absolute atomic E-state index is 0. The van der Waals surface area contributed by atoms with E-state index in [1.165, 1.54) is 13.2 Å². The van der Waals surface area contributed by atoms with E-state index in [2.05, 4.69) is 34.2 Å². The highest BCUT2D eigenvalue weighted by molar-refractivity contribution is 14.0. The number of rotatable bonds is 11. The average Bonchev–Trinajstić information content (AvgIpc) is 2.60.